The van der Waals surface area contributed by atoms with Crippen molar-refractivity contribution < 1.29 is 4.42 Å². The van der Waals surface area contributed by atoms with Gasteiger partial charge in [-0.2, -0.15) is 10.2 Å². The van der Waals surface area contributed by atoms with Crippen molar-refractivity contribution in [3.8, 4) is 17.5 Å². The van der Waals surface area contributed by atoms with E-state index in [1.165, 1.54) is 0 Å². The van der Waals surface area contributed by atoms with E-state index in [0.717, 1.165) is 5.56 Å². The molecule has 5 nitrogen and oxygen atoms in total. The molecule has 0 fully saturated rings. The molecule has 0 aliphatic carbocycles. The van der Waals surface area contributed by atoms with Gasteiger partial charge in [0.05, 0.1) is 5.56 Å². The van der Waals surface area contributed by atoms with Crippen molar-refractivity contribution in [2.24, 2.45) is 0 Å². The van der Waals surface area contributed by atoms with Crippen molar-refractivity contribution in [1.82, 2.24) is 9.97 Å². The maximum absolute atomic E-state index is 8.91. The molecule has 0 unspecified atom stereocenters. The highest BCUT2D eigenvalue weighted by molar-refractivity contribution is 5.58. The molecule has 0 radical (unpaired) electrons. The summed E-state index contributed by atoms with van der Waals surface area (Å²) in [5.41, 5.74) is 1.04. The van der Waals surface area contributed by atoms with Crippen molar-refractivity contribution in [2.45, 2.75) is 0 Å². The third-order valence-corrected chi connectivity index (χ3v) is 2.03. The highest BCUT2D eigenvalue weighted by atomic mass is 16.4. The normalized spacial score (nSPS) is 9.81. The van der Waals surface area contributed by atoms with Crippen molar-refractivity contribution in [1.29, 1.82) is 5.26 Å². The van der Waals surface area contributed by atoms with E-state index in [0.29, 0.717) is 11.8 Å². The van der Waals surface area contributed by atoms with E-state index >= 15 is 0 Å². The zero-order valence-corrected chi connectivity index (χ0v) is 9.01. The quantitative estimate of drug-likeness (QED) is 0.760. The molecule has 2 aromatic heterocycles. The average molecular weight is 214 g/mol. The van der Waals surface area contributed by atoms with E-state index in [4.69, 9.17) is 9.68 Å². The first-order valence-electron chi connectivity index (χ1n) is 4.71. The number of hydrogen-bond acceptors (Lipinski definition) is 5. The molecule has 0 amide bonds. The Morgan fingerprint density at radius 1 is 1.44 bits per heavy atom. The molecule has 16 heavy (non-hydrogen) atoms. The molecule has 0 aromatic carbocycles. The lowest BCUT2D eigenvalue weighted by atomic mass is 10.3. The van der Waals surface area contributed by atoms with E-state index in [1.54, 1.807) is 37.5 Å². The largest absolute Gasteiger partial charge is 0.419 e. The summed E-state index contributed by atoms with van der Waals surface area (Å²) in [5.74, 6) is 0.870. The minimum Gasteiger partial charge on any atom is -0.419 e. The second kappa shape index (κ2) is 4.03. The Morgan fingerprint density at radius 3 is 2.75 bits per heavy atom. The van der Waals surface area contributed by atoms with Crippen LogP contribution in [0.4, 0.5) is 5.88 Å². The molecule has 2 heterocycles. The first kappa shape index (κ1) is 10.2. The Labute approximate surface area is 93.0 Å². The second-order valence-electron chi connectivity index (χ2n) is 3.42. The number of oxazole rings is 1. The molecule has 0 saturated carbocycles. The topological polar surface area (TPSA) is 66.0 Å². The predicted octanol–water partition coefficient (Wildman–Crippen LogP) is 1.67. The summed E-state index contributed by atoms with van der Waals surface area (Å²) in [6.45, 7) is 0. The molecule has 0 spiro atoms. The molecule has 2 rings (SSSR count). The van der Waals surface area contributed by atoms with Gasteiger partial charge in [0.1, 0.15) is 6.07 Å². The maximum atomic E-state index is 8.91. The highest BCUT2D eigenvalue weighted by Gasteiger charge is 2.15. The van der Waals surface area contributed by atoms with E-state index in [9.17, 15) is 0 Å². The second-order valence-corrected chi connectivity index (χ2v) is 3.42. The molecule has 0 aliphatic rings. The smallest absolute Gasteiger partial charge is 0.234 e. The minimum absolute atomic E-state index is 0.281. The number of rotatable bonds is 2. The Hall–Kier alpha value is -2.35. The standard InChI is InChI=1S/C11H10N4O/c1-15(2)11-9(6-12)14-10(16-11)8-4-3-5-13-7-8/h3-5,7H,1-2H3. The van der Waals surface area contributed by atoms with Gasteiger partial charge < -0.3 is 9.32 Å². The van der Waals surface area contributed by atoms with Crippen LogP contribution >= 0.6 is 0 Å². The summed E-state index contributed by atoms with van der Waals surface area (Å²) < 4.78 is 5.51. The number of nitriles is 1. The fraction of sp³-hybridized carbons (Fsp3) is 0.182. The predicted molar refractivity (Wildman–Crippen MR) is 58.8 cm³/mol. The van der Waals surface area contributed by atoms with Crippen LogP contribution < -0.4 is 4.90 Å². The SMILES string of the molecule is CN(C)c1oc(-c2cccnc2)nc1C#N. The van der Waals surface area contributed by atoms with Gasteiger partial charge in [0.15, 0.2) is 0 Å². The average Bonchev–Trinajstić information content (AvgIpc) is 2.74. The van der Waals surface area contributed by atoms with E-state index in [-0.39, 0.29) is 5.69 Å². The van der Waals surface area contributed by atoms with Crippen molar-refractivity contribution >= 4 is 5.88 Å². The van der Waals surface area contributed by atoms with Gasteiger partial charge in [0.2, 0.25) is 17.5 Å². The van der Waals surface area contributed by atoms with Gasteiger partial charge in [0, 0.05) is 26.5 Å². The summed E-state index contributed by atoms with van der Waals surface area (Å²) in [6, 6.07) is 5.63. The summed E-state index contributed by atoms with van der Waals surface area (Å²) in [4.78, 5) is 9.80. The van der Waals surface area contributed by atoms with Gasteiger partial charge in [-0.05, 0) is 12.1 Å². The van der Waals surface area contributed by atoms with Crippen molar-refractivity contribution in [2.75, 3.05) is 19.0 Å². The van der Waals surface area contributed by atoms with Gasteiger partial charge in [-0.1, -0.05) is 0 Å². The number of anilines is 1. The number of hydrogen-bond donors (Lipinski definition) is 0. The van der Waals surface area contributed by atoms with E-state index in [2.05, 4.69) is 9.97 Å². The van der Waals surface area contributed by atoms with E-state index in [1.807, 2.05) is 12.1 Å². The third kappa shape index (κ3) is 1.73. The molecular weight excluding hydrogens is 204 g/mol. The highest BCUT2D eigenvalue weighted by Crippen LogP contribution is 2.25. The fourth-order valence-corrected chi connectivity index (χ4v) is 1.30. The molecule has 2 aromatic rings. The molecule has 0 N–H and O–H groups in total. The molecule has 0 bridgehead atoms. The zero-order valence-electron chi connectivity index (χ0n) is 9.01. The third-order valence-electron chi connectivity index (χ3n) is 2.03. The van der Waals surface area contributed by atoms with Gasteiger partial charge in [-0.15, -0.1) is 0 Å². The van der Waals surface area contributed by atoms with Crippen LogP contribution in [0.25, 0.3) is 11.5 Å². The Morgan fingerprint density at radius 2 is 2.25 bits per heavy atom. The van der Waals surface area contributed by atoms with Crippen LogP contribution in [0, 0.1) is 11.3 Å². The van der Waals surface area contributed by atoms with Gasteiger partial charge >= 0.3 is 0 Å². The van der Waals surface area contributed by atoms with Crippen LogP contribution in [0.15, 0.2) is 28.9 Å². The van der Waals surface area contributed by atoms with Crippen molar-refractivity contribution in [3.05, 3.63) is 30.2 Å². The minimum atomic E-state index is 0.281. The van der Waals surface area contributed by atoms with Gasteiger partial charge in [-0.25, -0.2) is 0 Å². The molecule has 0 saturated heterocycles. The molecule has 80 valence electrons. The summed E-state index contributed by atoms with van der Waals surface area (Å²) in [7, 11) is 3.60. The number of pyridine rings is 1. The van der Waals surface area contributed by atoms with Gasteiger partial charge in [0.25, 0.3) is 0 Å². The lowest BCUT2D eigenvalue weighted by molar-refractivity contribution is 0.571. The Balaban J connectivity index is 2.49. The lowest BCUT2D eigenvalue weighted by Gasteiger charge is -2.06. The summed E-state index contributed by atoms with van der Waals surface area (Å²) in [6.07, 6.45) is 3.32. The molecule has 0 atom stereocenters. The first-order chi connectivity index (χ1) is 7.72. The molecular formula is C11H10N4O. The maximum Gasteiger partial charge on any atom is 0.234 e. The monoisotopic (exact) mass is 214 g/mol. The molecule has 0 aliphatic heterocycles. The lowest BCUT2D eigenvalue weighted by Crippen LogP contribution is -2.08. The number of aromatic nitrogens is 2. The van der Waals surface area contributed by atoms with Crippen LogP contribution in [-0.4, -0.2) is 24.1 Å². The van der Waals surface area contributed by atoms with Crippen LogP contribution in [0.3, 0.4) is 0 Å². The molecule has 5 heteroatoms. The van der Waals surface area contributed by atoms with Crippen molar-refractivity contribution in [3.63, 3.8) is 0 Å². The zero-order chi connectivity index (χ0) is 11.5. The Kier molecular flexibility index (Phi) is 2.56. The Bertz CT molecular complexity index is 525. The van der Waals surface area contributed by atoms with Gasteiger partial charge in [-0.3, -0.25) is 4.98 Å². The summed E-state index contributed by atoms with van der Waals surface area (Å²) in [5, 5.41) is 8.91. The van der Waals surface area contributed by atoms with E-state index < -0.39 is 0 Å². The summed E-state index contributed by atoms with van der Waals surface area (Å²) >= 11 is 0. The first-order valence-corrected chi connectivity index (χ1v) is 4.71. The van der Waals surface area contributed by atoms with Crippen LogP contribution in [-0.2, 0) is 0 Å². The van der Waals surface area contributed by atoms with Crippen LogP contribution in [0.1, 0.15) is 5.69 Å². The van der Waals surface area contributed by atoms with Crippen LogP contribution in [0.2, 0.25) is 0 Å². The van der Waals surface area contributed by atoms with Crippen LogP contribution in [0.5, 0.6) is 0 Å². The number of nitrogens with zero attached hydrogens (tertiary/aromatic N) is 4. The fourth-order valence-electron chi connectivity index (χ4n) is 1.30.